The van der Waals surface area contributed by atoms with Crippen LogP contribution in [0, 0.1) is 11.3 Å². The fourth-order valence-electron chi connectivity index (χ4n) is 1.25. The normalized spacial score (nSPS) is 11.1. The van der Waals surface area contributed by atoms with E-state index in [2.05, 4.69) is 9.47 Å². The summed E-state index contributed by atoms with van der Waals surface area (Å²) >= 11 is 0. The lowest BCUT2D eigenvalue weighted by Gasteiger charge is -2.13. The van der Waals surface area contributed by atoms with Gasteiger partial charge in [0.05, 0.1) is 5.56 Å². The summed E-state index contributed by atoms with van der Waals surface area (Å²) in [6, 6.07) is 2.05. The van der Waals surface area contributed by atoms with Crippen LogP contribution in [0.3, 0.4) is 0 Å². The molecular weight excluding hydrogens is 293 g/mol. The minimum atomic E-state index is -5.23. The van der Waals surface area contributed by atoms with Gasteiger partial charge in [-0.15, -0.1) is 13.2 Å². The molecule has 1 N–H and O–H groups in total. The van der Waals surface area contributed by atoms with Crippen LogP contribution < -0.4 is 9.47 Å². The van der Waals surface area contributed by atoms with Crippen LogP contribution in [0.15, 0.2) is 12.1 Å². The molecule has 0 unspecified atom stereocenters. The van der Waals surface area contributed by atoms with Gasteiger partial charge in [-0.25, -0.2) is 4.79 Å². The first kappa shape index (κ1) is 15.5. The minimum absolute atomic E-state index is 0.352. The monoisotopic (exact) mass is 297 g/mol. The first-order chi connectivity index (χ1) is 9.14. The van der Waals surface area contributed by atoms with Gasteiger partial charge in [-0.3, -0.25) is 0 Å². The van der Waals surface area contributed by atoms with Crippen LogP contribution in [-0.2, 0) is 0 Å². The molecule has 0 amide bonds. The lowest BCUT2D eigenvalue weighted by molar-refractivity contribution is -0.274. The molecule has 108 valence electrons. The highest BCUT2D eigenvalue weighted by Gasteiger charge is 2.34. The number of carbonyl (C=O) groups is 1. The van der Waals surface area contributed by atoms with E-state index in [1.807, 2.05) is 0 Å². The first-order valence-corrected chi connectivity index (χ1v) is 4.66. The molecule has 0 spiro atoms. The molecule has 0 atom stereocenters. The van der Waals surface area contributed by atoms with Crippen molar-refractivity contribution in [2.75, 3.05) is 0 Å². The molecule has 20 heavy (non-hydrogen) atoms. The quantitative estimate of drug-likeness (QED) is 0.864. The lowest BCUT2D eigenvalue weighted by Crippen LogP contribution is -2.19. The summed E-state index contributed by atoms with van der Waals surface area (Å²) < 4.78 is 67.6. The predicted molar refractivity (Wildman–Crippen MR) is 51.4 cm³/mol. The Morgan fingerprint density at radius 3 is 2.35 bits per heavy atom. The van der Waals surface area contributed by atoms with Gasteiger partial charge in [0.2, 0.25) is 0 Å². The smallest absolute Gasteiger partial charge is 0.478 e. The Balaban J connectivity index is 3.42. The molecule has 0 aliphatic carbocycles. The number of ether oxygens (including phenoxy) is 2. The van der Waals surface area contributed by atoms with Crippen molar-refractivity contribution >= 4 is 5.97 Å². The molecule has 5 nitrogen and oxygen atoms in total. The Labute approximate surface area is 107 Å². The topological polar surface area (TPSA) is 79.5 Å². The number of benzene rings is 1. The van der Waals surface area contributed by atoms with Crippen LogP contribution in [0.4, 0.5) is 22.0 Å². The number of hydrogen-bond donors (Lipinski definition) is 1. The van der Waals surface area contributed by atoms with Gasteiger partial charge in [-0.1, -0.05) is 0 Å². The summed E-state index contributed by atoms with van der Waals surface area (Å²) in [6.45, 7) is -3.39. The summed E-state index contributed by atoms with van der Waals surface area (Å²) in [6.07, 6.45) is -5.23. The average Bonchev–Trinajstić information content (AvgIpc) is 2.25. The van der Waals surface area contributed by atoms with Crippen molar-refractivity contribution in [1.29, 1.82) is 5.26 Å². The number of carboxylic acid groups (broad SMARTS) is 1. The maximum Gasteiger partial charge on any atom is 0.573 e. The molecule has 0 saturated carbocycles. The number of carboxylic acids is 1. The van der Waals surface area contributed by atoms with Crippen LogP contribution in [0.25, 0.3) is 0 Å². The van der Waals surface area contributed by atoms with E-state index in [9.17, 15) is 26.7 Å². The molecule has 0 bridgehead atoms. The molecule has 0 radical (unpaired) electrons. The van der Waals surface area contributed by atoms with Gasteiger partial charge in [0.15, 0.2) is 5.75 Å². The van der Waals surface area contributed by atoms with Gasteiger partial charge < -0.3 is 14.6 Å². The van der Waals surface area contributed by atoms with Gasteiger partial charge in [0.25, 0.3) is 0 Å². The van der Waals surface area contributed by atoms with Crippen molar-refractivity contribution in [3.63, 3.8) is 0 Å². The van der Waals surface area contributed by atoms with Crippen molar-refractivity contribution < 1.29 is 41.3 Å². The van der Waals surface area contributed by atoms with E-state index in [-0.39, 0.29) is 0 Å². The molecule has 0 heterocycles. The number of aromatic carboxylic acids is 1. The SMILES string of the molecule is N#Cc1c(OC(F)(F)F)cc(OC(F)F)cc1C(=O)O. The van der Waals surface area contributed by atoms with E-state index in [0.29, 0.717) is 12.1 Å². The number of alkyl halides is 5. The Morgan fingerprint density at radius 2 is 1.95 bits per heavy atom. The van der Waals surface area contributed by atoms with Gasteiger partial charge in [0, 0.05) is 6.07 Å². The Morgan fingerprint density at radius 1 is 1.35 bits per heavy atom. The molecule has 0 aliphatic heterocycles. The second kappa shape index (κ2) is 5.60. The zero-order chi connectivity index (χ0) is 15.5. The third kappa shape index (κ3) is 3.98. The maximum absolute atomic E-state index is 12.1. The first-order valence-electron chi connectivity index (χ1n) is 4.66. The number of nitrogens with zero attached hydrogens (tertiary/aromatic N) is 1. The van der Waals surface area contributed by atoms with E-state index >= 15 is 0 Å². The molecule has 0 aliphatic rings. The van der Waals surface area contributed by atoms with Crippen molar-refractivity contribution in [2.45, 2.75) is 13.0 Å². The minimum Gasteiger partial charge on any atom is -0.478 e. The zero-order valence-electron chi connectivity index (χ0n) is 9.24. The highest BCUT2D eigenvalue weighted by molar-refractivity contribution is 5.92. The van der Waals surface area contributed by atoms with Gasteiger partial charge >= 0.3 is 18.9 Å². The van der Waals surface area contributed by atoms with Crippen LogP contribution in [0.5, 0.6) is 11.5 Å². The average molecular weight is 297 g/mol. The summed E-state index contributed by atoms with van der Waals surface area (Å²) in [5.74, 6) is -3.92. The van der Waals surface area contributed by atoms with Crippen LogP contribution in [-0.4, -0.2) is 24.0 Å². The fraction of sp³-hybridized carbons (Fsp3) is 0.200. The molecule has 0 aromatic heterocycles. The number of hydrogen-bond acceptors (Lipinski definition) is 4. The molecule has 1 rings (SSSR count). The Hall–Kier alpha value is -2.57. The van der Waals surface area contributed by atoms with Crippen molar-refractivity contribution in [3.05, 3.63) is 23.3 Å². The second-order valence-corrected chi connectivity index (χ2v) is 3.19. The summed E-state index contributed by atoms with van der Waals surface area (Å²) in [5.41, 5.74) is -1.92. The van der Waals surface area contributed by atoms with Gasteiger partial charge in [0.1, 0.15) is 17.4 Å². The van der Waals surface area contributed by atoms with Crippen LogP contribution >= 0.6 is 0 Å². The van der Waals surface area contributed by atoms with Crippen molar-refractivity contribution in [1.82, 2.24) is 0 Å². The number of nitriles is 1. The zero-order valence-corrected chi connectivity index (χ0v) is 9.24. The van der Waals surface area contributed by atoms with Crippen LogP contribution in [0.1, 0.15) is 15.9 Å². The largest absolute Gasteiger partial charge is 0.573 e. The summed E-state index contributed by atoms with van der Waals surface area (Å²) in [5, 5.41) is 17.4. The third-order valence-corrected chi connectivity index (χ3v) is 1.87. The van der Waals surface area contributed by atoms with Crippen molar-refractivity contribution in [3.8, 4) is 17.6 Å². The van der Waals surface area contributed by atoms with Gasteiger partial charge in [-0.2, -0.15) is 14.0 Å². The van der Waals surface area contributed by atoms with E-state index < -0.39 is 41.6 Å². The lowest BCUT2D eigenvalue weighted by atomic mass is 10.1. The molecule has 0 fully saturated rings. The Bertz CT molecular complexity index is 564. The standard InChI is InChI=1S/C10H4F5NO4/c11-9(12)19-4-1-5(8(17)18)6(3-16)7(2-4)20-10(13,14)15/h1-2,9H,(H,17,18). The molecular formula is C10H4F5NO4. The van der Waals surface area contributed by atoms with Crippen LogP contribution in [0.2, 0.25) is 0 Å². The molecule has 1 aromatic rings. The summed E-state index contributed by atoms with van der Waals surface area (Å²) in [4.78, 5) is 10.8. The molecule has 1 aromatic carbocycles. The third-order valence-electron chi connectivity index (χ3n) is 1.87. The maximum atomic E-state index is 12.1. The van der Waals surface area contributed by atoms with E-state index in [0.717, 1.165) is 0 Å². The molecule has 0 saturated heterocycles. The molecule has 10 heteroatoms. The van der Waals surface area contributed by atoms with Gasteiger partial charge in [-0.05, 0) is 6.07 Å². The van der Waals surface area contributed by atoms with E-state index in [1.54, 1.807) is 0 Å². The summed E-state index contributed by atoms with van der Waals surface area (Å²) in [7, 11) is 0. The highest BCUT2D eigenvalue weighted by Crippen LogP contribution is 2.33. The predicted octanol–water partition coefficient (Wildman–Crippen LogP) is 2.76. The van der Waals surface area contributed by atoms with E-state index in [1.165, 1.54) is 6.07 Å². The van der Waals surface area contributed by atoms with E-state index in [4.69, 9.17) is 10.4 Å². The number of halogens is 5. The highest BCUT2D eigenvalue weighted by atomic mass is 19.4. The fourth-order valence-corrected chi connectivity index (χ4v) is 1.25. The number of rotatable bonds is 4. The second-order valence-electron chi connectivity index (χ2n) is 3.19. The Kier molecular flexibility index (Phi) is 4.34. The van der Waals surface area contributed by atoms with Crippen molar-refractivity contribution in [2.24, 2.45) is 0 Å².